The summed E-state index contributed by atoms with van der Waals surface area (Å²) in [4.78, 5) is 17.9. The molecule has 1 amide bonds. The summed E-state index contributed by atoms with van der Waals surface area (Å²) in [6, 6.07) is 3.89. The van der Waals surface area contributed by atoms with Gasteiger partial charge in [0, 0.05) is 32.4 Å². The highest BCUT2D eigenvalue weighted by Crippen LogP contribution is 2.17. The lowest BCUT2D eigenvalue weighted by Gasteiger charge is -2.19. The third-order valence-electron chi connectivity index (χ3n) is 3.63. The van der Waals surface area contributed by atoms with Gasteiger partial charge in [-0.15, -0.1) is 0 Å². The summed E-state index contributed by atoms with van der Waals surface area (Å²) in [6.45, 7) is 3.54. The second-order valence-electron chi connectivity index (χ2n) is 5.38. The van der Waals surface area contributed by atoms with Gasteiger partial charge in [0.15, 0.2) is 0 Å². The van der Waals surface area contributed by atoms with E-state index in [9.17, 15) is 4.79 Å². The zero-order valence-corrected chi connectivity index (χ0v) is 12.7. The normalized spacial score (nSPS) is 12.2. The number of pyridine rings is 1. The van der Waals surface area contributed by atoms with Gasteiger partial charge in [-0.05, 0) is 43.0 Å². The topological polar surface area (TPSA) is 59.2 Å². The second-order valence-corrected chi connectivity index (χ2v) is 5.38. The van der Waals surface area contributed by atoms with E-state index in [4.69, 9.17) is 5.73 Å². The first kappa shape index (κ1) is 16.6. The summed E-state index contributed by atoms with van der Waals surface area (Å²) in [6.07, 6.45) is 8.43. The molecule has 1 unspecified atom stereocenters. The Kier molecular flexibility index (Phi) is 7.88. The van der Waals surface area contributed by atoms with Crippen LogP contribution >= 0.6 is 0 Å². The molecular weight excluding hydrogens is 250 g/mol. The molecule has 0 saturated carbocycles. The highest BCUT2D eigenvalue weighted by atomic mass is 16.2. The summed E-state index contributed by atoms with van der Waals surface area (Å²) in [7, 11) is 1.86. The molecule has 0 fully saturated rings. The number of aromatic nitrogens is 1. The smallest absolute Gasteiger partial charge is 0.222 e. The molecule has 0 aliphatic rings. The first-order chi connectivity index (χ1) is 9.67. The molecule has 0 aliphatic heterocycles. The Labute approximate surface area is 122 Å². The molecule has 0 spiro atoms. The number of carbonyl (C=O) groups excluding carboxylic acids is 1. The van der Waals surface area contributed by atoms with Gasteiger partial charge in [-0.2, -0.15) is 0 Å². The second kappa shape index (κ2) is 9.48. The van der Waals surface area contributed by atoms with Crippen molar-refractivity contribution in [2.24, 2.45) is 11.7 Å². The lowest BCUT2D eigenvalue weighted by atomic mass is 9.94. The van der Waals surface area contributed by atoms with Gasteiger partial charge >= 0.3 is 0 Å². The van der Waals surface area contributed by atoms with Crippen LogP contribution in [0.3, 0.4) is 0 Å². The van der Waals surface area contributed by atoms with Crippen LogP contribution in [0.5, 0.6) is 0 Å². The first-order valence-electron chi connectivity index (χ1n) is 7.50. The van der Waals surface area contributed by atoms with Gasteiger partial charge in [-0.3, -0.25) is 9.78 Å². The molecule has 1 rings (SSSR count). The molecule has 1 atom stereocenters. The molecule has 1 aromatic heterocycles. The largest absolute Gasteiger partial charge is 0.341 e. The maximum atomic E-state index is 12.1. The van der Waals surface area contributed by atoms with Crippen molar-refractivity contribution in [1.82, 2.24) is 9.88 Å². The first-order valence-corrected chi connectivity index (χ1v) is 7.50. The molecular formula is C16H27N3O. The van der Waals surface area contributed by atoms with E-state index in [1.165, 1.54) is 6.42 Å². The van der Waals surface area contributed by atoms with E-state index in [0.29, 0.717) is 25.4 Å². The summed E-state index contributed by atoms with van der Waals surface area (Å²) in [5.41, 5.74) is 6.74. The third kappa shape index (κ3) is 6.15. The Morgan fingerprint density at radius 2 is 2.00 bits per heavy atom. The van der Waals surface area contributed by atoms with Crippen molar-refractivity contribution < 1.29 is 4.79 Å². The molecule has 0 radical (unpaired) electrons. The molecule has 4 nitrogen and oxygen atoms in total. The molecule has 4 heteroatoms. The highest BCUT2D eigenvalue weighted by molar-refractivity contribution is 5.75. The van der Waals surface area contributed by atoms with Gasteiger partial charge in [0.2, 0.25) is 5.91 Å². The van der Waals surface area contributed by atoms with Gasteiger partial charge in [0.05, 0.1) is 0 Å². The van der Waals surface area contributed by atoms with Crippen molar-refractivity contribution in [3.05, 3.63) is 30.1 Å². The quantitative estimate of drug-likeness (QED) is 0.754. The highest BCUT2D eigenvalue weighted by Gasteiger charge is 2.13. The van der Waals surface area contributed by atoms with Crippen LogP contribution in [-0.2, 0) is 11.3 Å². The third-order valence-corrected chi connectivity index (χ3v) is 3.63. The molecule has 2 N–H and O–H groups in total. The monoisotopic (exact) mass is 277 g/mol. The standard InChI is InChI=1S/C16H27N3O/c1-3-4-14(7-10-17)5-6-16(20)19(2)13-15-8-11-18-12-9-15/h8-9,11-12,14H,3-7,10,13,17H2,1-2H3. The number of amides is 1. The van der Waals surface area contributed by atoms with Crippen molar-refractivity contribution in [2.45, 2.75) is 45.6 Å². The lowest BCUT2D eigenvalue weighted by Crippen LogP contribution is -2.26. The Morgan fingerprint density at radius 3 is 2.60 bits per heavy atom. The van der Waals surface area contributed by atoms with Crippen molar-refractivity contribution >= 4 is 5.91 Å². The lowest BCUT2D eigenvalue weighted by molar-refractivity contribution is -0.130. The predicted octanol–water partition coefficient (Wildman–Crippen LogP) is 2.59. The number of nitrogens with two attached hydrogens (primary N) is 1. The number of carbonyl (C=O) groups is 1. The van der Waals surface area contributed by atoms with E-state index in [1.807, 2.05) is 19.2 Å². The average molecular weight is 277 g/mol. The number of nitrogens with zero attached hydrogens (tertiary/aromatic N) is 2. The van der Waals surface area contributed by atoms with Gasteiger partial charge in [0.25, 0.3) is 0 Å². The van der Waals surface area contributed by atoms with Gasteiger partial charge in [-0.1, -0.05) is 19.8 Å². The van der Waals surface area contributed by atoms with Crippen molar-refractivity contribution in [3.8, 4) is 0 Å². The zero-order valence-electron chi connectivity index (χ0n) is 12.7. The minimum atomic E-state index is 0.208. The SMILES string of the molecule is CCCC(CCN)CCC(=O)N(C)Cc1ccncc1. The fourth-order valence-corrected chi connectivity index (χ4v) is 2.45. The van der Waals surface area contributed by atoms with Crippen molar-refractivity contribution in [1.29, 1.82) is 0 Å². The van der Waals surface area contributed by atoms with Crippen LogP contribution in [0.2, 0.25) is 0 Å². The van der Waals surface area contributed by atoms with Crippen LogP contribution in [0, 0.1) is 5.92 Å². The molecule has 0 saturated heterocycles. The van der Waals surface area contributed by atoms with Gasteiger partial charge in [-0.25, -0.2) is 0 Å². The fraction of sp³-hybridized carbons (Fsp3) is 0.625. The van der Waals surface area contributed by atoms with Crippen molar-refractivity contribution in [3.63, 3.8) is 0 Å². The molecule has 112 valence electrons. The summed E-state index contributed by atoms with van der Waals surface area (Å²) in [5.74, 6) is 0.795. The molecule has 1 aromatic rings. The van der Waals surface area contributed by atoms with Crippen LogP contribution < -0.4 is 5.73 Å². The maximum absolute atomic E-state index is 12.1. The Morgan fingerprint density at radius 1 is 1.30 bits per heavy atom. The van der Waals surface area contributed by atoms with Crippen LogP contribution in [0.15, 0.2) is 24.5 Å². The van der Waals surface area contributed by atoms with E-state index >= 15 is 0 Å². The Balaban J connectivity index is 2.37. The maximum Gasteiger partial charge on any atom is 0.222 e. The number of hydrogen-bond acceptors (Lipinski definition) is 3. The van der Waals surface area contributed by atoms with Gasteiger partial charge < -0.3 is 10.6 Å². The molecule has 0 aromatic carbocycles. The molecule has 0 aliphatic carbocycles. The molecule has 1 heterocycles. The minimum absolute atomic E-state index is 0.208. The Bertz CT molecular complexity index is 375. The van der Waals surface area contributed by atoms with E-state index < -0.39 is 0 Å². The minimum Gasteiger partial charge on any atom is -0.341 e. The average Bonchev–Trinajstić information content (AvgIpc) is 2.46. The van der Waals surface area contributed by atoms with Crippen LogP contribution in [0.25, 0.3) is 0 Å². The summed E-state index contributed by atoms with van der Waals surface area (Å²) in [5, 5.41) is 0. The Hall–Kier alpha value is -1.42. The number of hydrogen-bond donors (Lipinski definition) is 1. The molecule has 20 heavy (non-hydrogen) atoms. The van der Waals surface area contributed by atoms with Crippen molar-refractivity contribution in [2.75, 3.05) is 13.6 Å². The van der Waals surface area contributed by atoms with Crippen LogP contribution in [0.4, 0.5) is 0 Å². The molecule has 0 bridgehead atoms. The van der Waals surface area contributed by atoms with E-state index in [1.54, 1.807) is 17.3 Å². The van der Waals surface area contributed by atoms with Gasteiger partial charge in [0.1, 0.15) is 0 Å². The van der Waals surface area contributed by atoms with Crippen LogP contribution in [0.1, 0.15) is 44.6 Å². The summed E-state index contributed by atoms with van der Waals surface area (Å²) < 4.78 is 0. The van der Waals surface area contributed by atoms with E-state index in [2.05, 4.69) is 11.9 Å². The van der Waals surface area contributed by atoms with Crippen LogP contribution in [-0.4, -0.2) is 29.4 Å². The summed E-state index contributed by atoms with van der Waals surface area (Å²) >= 11 is 0. The zero-order chi connectivity index (χ0) is 14.8. The fourth-order valence-electron chi connectivity index (χ4n) is 2.45. The number of rotatable bonds is 9. The van der Waals surface area contributed by atoms with E-state index in [0.717, 1.165) is 24.8 Å². The predicted molar refractivity (Wildman–Crippen MR) is 82.0 cm³/mol. The van der Waals surface area contributed by atoms with E-state index in [-0.39, 0.29) is 5.91 Å².